The number of nitrogens with zero attached hydrogens (tertiary/aromatic N) is 2. The van der Waals surface area contributed by atoms with E-state index >= 15 is 0 Å². The Morgan fingerprint density at radius 3 is 2.74 bits per heavy atom. The van der Waals surface area contributed by atoms with Crippen molar-refractivity contribution >= 4 is 17.6 Å². The average Bonchev–Trinajstić information content (AvgIpc) is 3.33. The summed E-state index contributed by atoms with van der Waals surface area (Å²) in [6.45, 7) is 4.97. The molecule has 4 rings (SSSR count). The van der Waals surface area contributed by atoms with Crippen molar-refractivity contribution in [1.29, 1.82) is 0 Å². The van der Waals surface area contributed by atoms with E-state index in [9.17, 15) is 14.7 Å². The largest absolute Gasteiger partial charge is 0.481 e. The first-order chi connectivity index (χ1) is 13.0. The highest BCUT2D eigenvalue weighted by atomic mass is 16.4. The summed E-state index contributed by atoms with van der Waals surface area (Å²) in [5.74, 6) is -0.854. The third-order valence-corrected chi connectivity index (χ3v) is 5.97. The Balaban J connectivity index is 1.56. The van der Waals surface area contributed by atoms with Crippen molar-refractivity contribution in [2.24, 2.45) is 5.92 Å². The highest BCUT2D eigenvalue weighted by Gasteiger charge is 2.39. The maximum Gasteiger partial charge on any atom is 0.308 e. The maximum absolute atomic E-state index is 13.1. The molecule has 3 unspecified atom stereocenters. The number of anilines is 1. The molecule has 0 saturated carbocycles. The van der Waals surface area contributed by atoms with E-state index < -0.39 is 11.9 Å². The molecule has 3 heterocycles. The van der Waals surface area contributed by atoms with Gasteiger partial charge in [0.25, 0.3) is 5.91 Å². The molecule has 2 aromatic rings. The number of hydrogen-bond donors (Lipinski definition) is 1. The standard InChI is InChI=1S/C21H24N2O4/c1-13-11-15-5-3-4-6-18(15)23(13)12-19-17(8-10-27-19)20(24)22-9-7-16(14(22)2)21(25)26/h3-6,8,10,13-14,16H,7,9,11-12H2,1-2H3,(H,25,26). The number of para-hydroxylation sites is 1. The van der Waals surface area contributed by atoms with Crippen LogP contribution >= 0.6 is 0 Å². The van der Waals surface area contributed by atoms with Gasteiger partial charge >= 0.3 is 5.97 Å². The number of aliphatic carboxylic acids is 1. The number of amides is 1. The van der Waals surface area contributed by atoms with Gasteiger partial charge in [0.15, 0.2) is 0 Å². The quantitative estimate of drug-likeness (QED) is 0.897. The number of carboxylic acid groups (broad SMARTS) is 1. The van der Waals surface area contributed by atoms with Crippen LogP contribution in [0.1, 0.15) is 41.9 Å². The molecule has 1 aromatic carbocycles. The van der Waals surface area contributed by atoms with Gasteiger partial charge in [0, 0.05) is 24.3 Å². The van der Waals surface area contributed by atoms with Gasteiger partial charge in [-0.05, 0) is 44.4 Å². The Labute approximate surface area is 158 Å². The van der Waals surface area contributed by atoms with Crippen molar-refractivity contribution in [3.05, 3.63) is 53.5 Å². The number of benzene rings is 1. The summed E-state index contributed by atoms with van der Waals surface area (Å²) in [6.07, 6.45) is 3.01. The normalized spacial score (nSPS) is 24.3. The van der Waals surface area contributed by atoms with Crippen LogP contribution in [0.5, 0.6) is 0 Å². The zero-order chi connectivity index (χ0) is 19.1. The molecule has 142 valence electrons. The molecule has 0 bridgehead atoms. The molecule has 1 saturated heterocycles. The SMILES string of the molecule is CC1C(C(=O)O)CCN1C(=O)c1ccoc1CN1c2ccccc2CC1C. The van der Waals surface area contributed by atoms with Gasteiger partial charge in [-0.2, -0.15) is 0 Å². The molecule has 1 N–H and O–H groups in total. The smallest absolute Gasteiger partial charge is 0.308 e. The zero-order valence-electron chi connectivity index (χ0n) is 15.6. The third kappa shape index (κ3) is 2.99. The predicted molar refractivity (Wildman–Crippen MR) is 101 cm³/mol. The first kappa shape index (κ1) is 17.6. The lowest BCUT2D eigenvalue weighted by molar-refractivity contribution is -0.142. The predicted octanol–water partition coefficient (Wildman–Crippen LogP) is 3.17. The van der Waals surface area contributed by atoms with E-state index in [0.29, 0.717) is 36.9 Å². The van der Waals surface area contributed by atoms with Gasteiger partial charge in [-0.25, -0.2) is 0 Å². The molecule has 2 aliphatic rings. The number of fused-ring (bicyclic) bond motifs is 1. The van der Waals surface area contributed by atoms with Crippen LogP contribution in [0.25, 0.3) is 0 Å². The summed E-state index contributed by atoms with van der Waals surface area (Å²) >= 11 is 0. The van der Waals surface area contributed by atoms with Gasteiger partial charge in [0.2, 0.25) is 0 Å². The molecule has 6 heteroatoms. The van der Waals surface area contributed by atoms with Crippen molar-refractivity contribution in [3.63, 3.8) is 0 Å². The van der Waals surface area contributed by atoms with Crippen LogP contribution in [0.2, 0.25) is 0 Å². The Morgan fingerprint density at radius 2 is 2.00 bits per heavy atom. The molecule has 3 atom stereocenters. The molecule has 2 aliphatic heterocycles. The van der Waals surface area contributed by atoms with E-state index in [-0.39, 0.29) is 11.9 Å². The van der Waals surface area contributed by atoms with Gasteiger partial charge in [0.1, 0.15) is 5.76 Å². The highest BCUT2D eigenvalue weighted by Crippen LogP contribution is 2.34. The third-order valence-electron chi connectivity index (χ3n) is 5.97. The average molecular weight is 368 g/mol. The van der Waals surface area contributed by atoms with Gasteiger partial charge in [-0.1, -0.05) is 18.2 Å². The number of hydrogen-bond acceptors (Lipinski definition) is 4. The van der Waals surface area contributed by atoms with Crippen molar-refractivity contribution in [2.45, 2.75) is 45.3 Å². The van der Waals surface area contributed by atoms with E-state index in [2.05, 4.69) is 24.0 Å². The van der Waals surface area contributed by atoms with Crippen LogP contribution in [0.15, 0.2) is 41.0 Å². The van der Waals surface area contributed by atoms with Gasteiger partial charge in [-0.3, -0.25) is 9.59 Å². The van der Waals surface area contributed by atoms with Crippen molar-refractivity contribution in [1.82, 2.24) is 4.90 Å². The van der Waals surface area contributed by atoms with E-state index in [1.165, 1.54) is 11.3 Å². The summed E-state index contributed by atoms with van der Waals surface area (Å²) in [7, 11) is 0. The van der Waals surface area contributed by atoms with Crippen LogP contribution in [0.3, 0.4) is 0 Å². The number of carbonyl (C=O) groups excluding carboxylic acids is 1. The molecular formula is C21H24N2O4. The number of likely N-dealkylation sites (tertiary alicyclic amines) is 1. The minimum absolute atomic E-state index is 0.143. The summed E-state index contributed by atoms with van der Waals surface area (Å²) < 4.78 is 5.67. The van der Waals surface area contributed by atoms with Crippen molar-refractivity contribution in [3.8, 4) is 0 Å². The first-order valence-electron chi connectivity index (χ1n) is 9.42. The van der Waals surface area contributed by atoms with E-state index in [4.69, 9.17) is 4.42 Å². The number of carbonyl (C=O) groups is 2. The molecule has 0 radical (unpaired) electrons. The Hall–Kier alpha value is -2.76. The van der Waals surface area contributed by atoms with E-state index in [0.717, 1.165) is 6.42 Å². The molecule has 0 spiro atoms. The van der Waals surface area contributed by atoms with Crippen LogP contribution in [0, 0.1) is 5.92 Å². The molecule has 1 aromatic heterocycles. The Morgan fingerprint density at radius 1 is 1.22 bits per heavy atom. The van der Waals surface area contributed by atoms with Crippen LogP contribution in [0.4, 0.5) is 5.69 Å². The molecule has 6 nitrogen and oxygen atoms in total. The number of furan rings is 1. The molecular weight excluding hydrogens is 344 g/mol. The second-order valence-corrected chi connectivity index (χ2v) is 7.54. The first-order valence-corrected chi connectivity index (χ1v) is 9.42. The van der Waals surface area contributed by atoms with Gasteiger partial charge in [0.05, 0.1) is 24.3 Å². The highest BCUT2D eigenvalue weighted by molar-refractivity contribution is 5.96. The van der Waals surface area contributed by atoms with Crippen LogP contribution in [-0.2, 0) is 17.8 Å². The Bertz CT molecular complexity index is 875. The van der Waals surface area contributed by atoms with E-state index in [1.807, 2.05) is 19.1 Å². The van der Waals surface area contributed by atoms with Gasteiger partial charge in [-0.15, -0.1) is 0 Å². The fourth-order valence-electron chi connectivity index (χ4n) is 4.39. The minimum atomic E-state index is -0.840. The van der Waals surface area contributed by atoms with Crippen LogP contribution < -0.4 is 4.90 Å². The second-order valence-electron chi connectivity index (χ2n) is 7.54. The molecule has 27 heavy (non-hydrogen) atoms. The maximum atomic E-state index is 13.1. The lowest BCUT2D eigenvalue weighted by Gasteiger charge is -2.26. The Kier molecular flexibility index (Phi) is 4.42. The molecule has 1 amide bonds. The monoisotopic (exact) mass is 368 g/mol. The fourth-order valence-corrected chi connectivity index (χ4v) is 4.39. The molecule has 1 fully saturated rings. The minimum Gasteiger partial charge on any atom is -0.481 e. The summed E-state index contributed by atoms with van der Waals surface area (Å²) in [5, 5.41) is 9.32. The van der Waals surface area contributed by atoms with Crippen molar-refractivity contribution < 1.29 is 19.1 Å². The lowest BCUT2D eigenvalue weighted by Crippen LogP contribution is -2.38. The van der Waals surface area contributed by atoms with Gasteiger partial charge < -0.3 is 19.3 Å². The molecule has 0 aliphatic carbocycles. The zero-order valence-corrected chi connectivity index (χ0v) is 15.6. The topological polar surface area (TPSA) is 74.0 Å². The summed E-state index contributed by atoms with van der Waals surface area (Å²) in [6, 6.07) is 10.0. The summed E-state index contributed by atoms with van der Waals surface area (Å²) in [4.78, 5) is 28.3. The number of rotatable bonds is 4. The lowest BCUT2D eigenvalue weighted by atomic mass is 10.0. The van der Waals surface area contributed by atoms with Crippen LogP contribution in [-0.4, -0.2) is 40.5 Å². The van der Waals surface area contributed by atoms with Crippen molar-refractivity contribution in [2.75, 3.05) is 11.4 Å². The van der Waals surface area contributed by atoms with E-state index in [1.54, 1.807) is 17.2 Å². The fraction of sp³-hybridized carbons (Fsp3) is 0.429. The second kappa shape index (κ2) is 6.76. The summed E-state index contributed by atoms with van der Waals surface area (Å²) in [5.41, 5.74) is 3.02. The number of carboxylic acids is 1.